The van der Waals surface area contributed by atoms with E-state index in [-0.39, 0.29) is 57.9 Å². The SMILES string of the molecule is CCCCCCCCN(CCCCCCCC)CC(=O)[O-].[K+]. The average Bonchev–Trinajstić information content (AvgIpc) is 2.45. The van der Waals surface area contributed by atoms with Crippen LogP contribution in [-0.2, 0) is 4.79 Å². The third-order valence-electron chi connectivity index (χ3n) is 4.01. The molecule has 0 aliphatic rings. The van der Waals surface area contributed by atoms with Gasteiger partial charge in [-0.3, -0.25) is 4.90 Å². The van der Waals surface area contributed by atoms with E-state index in [9.17, 15) is 9.90 Å². The molecule has 0 unspecified atom stereocenters. The molecule has 0 atom stereocenters. The molecular weight excluding hydrogens is 301 g/mol. The fourth-order valence-corrected chi connectivity index (χ4v) is 2.68. The van der Waals surface area contributed by atoms with E-state index in [4.69, 9.17) is 0 Å². The average molecular weight is 338 g/mol. The topological polar surface area (TPSA) is 43.4 Å². The van der Waals surface area contributed by atoms with Gasteiger partial charge in [-0.25, -0.2) is 0 Å². The van der Waals surface area contributed by atoms with Crippen molar-refractivity contribution in [2.45, 2.75) is 90.9 Å². The Balaban J connectivity index is 0. The number of carboxylic acid groups (broad SMARTS) is 1. The van der Waals surface area contributed by atoms with E-state index in [1.54, 1.807) is 0 Å². The molecule has 3 nitrogen and oxygen atoms in total. The number of hydrogen-bond donors (Lipinski definition) is 0. The van der Waals surface area contributed by atoms with Crippen molar-refractivity contribution in [3.05, 3.63) is 0 Å². The Labute approximate surface area is 181 Å². The molecule has 0 N–H and O–H groups in total. The molecule has 0 amide bonds. The minimum absolute atomic E-state index is 0. The molecule has 0 bridgehead atoms. The Hall–Kier alpha value is 1.07. The molecule has 0 aliphatic carbocycles. The van der Waals surface area contributed by atoms with Gasteiger partial charge in [0.1, 0.15) is 0 Å². The number of hydrogen-bond acceptors (Lipinski definition) is 3. The van der Waals surface area contributed by atoms with Gasteiger partial charge in [0, 0.05) is 6.54 Å². The Kier molecular flexibility index (Phi) is 23.1. The largest absolute Gasteiger partial charge is 1.00 e. The summed E-state index contributed by atoms with van der Waals surface area (Å²) in [6.45, 7) is 6.37. The molecule has 4 heteroatoms. The minimum Gasteiger partial charge on any atom is -0.549 e. The van der Waals surface area contributed by atoms with Crippen LogP contribution in [0.2, 0.25) is 0 Å². The molecule has 0 saturated heterocycles. The summed E-state index contributed by atoms with van der Waals surface area (Å²) < 4.78 is 0. The van der Waals surface area contributed by atoms with Crippen molar-refractivity contribution in [2.75, 3.05) is 19.6 Å². The van der Waals surface area contributed by atoms with Crippen LogP contribution in [0.1, 0.15) is 90.9 Å². The summed E-state index contributed by atoms with van der Waals surface area (Å²) in [4.78, 5) is 12.9. The van der Waals surface area contributed by atoms with E-state index >= 15 is 0 Å². The molecule has 0 spiro atoms. The van der Waals surface area contributed by atoms with Gasteiger partial charge in [0.15, 0.2) is 0 Å². The second-order valence-corrected chi connectivity index (χ2v) is 6.18. The van der Waals surface area contributed by atoms with Crippen molar-refractivity contribution in [1.29, 1.82) is 0 Å². The first-order chi connectivity index (χ1) is 10.2. The maximum Gasteiger partial charge on any atom is 1.00 e. The molecule has 0 aliphatic heterocycles. The van der Waals surface area contributed by atoms with Crippen molar-refractivity contribution >= 4 is 5.97 Å². The van der Waals surface area contributed by atoms with Crippen LogP contribution in [0.25, 0.3) is 0 Å². The fourth-order valence-electron chi connectivity index (χ4n) is 2.68. The zero-order valence-corrected chi connectivity index (χ0v) is 18.5. The summed E-state index contributed by atoms with van der Waals surface area (Å²) in [5.74, 6) is -0.938. The molecule has 0 radical (unpaired) electrons. The molecule has 0 heterocycles. The van der Waals surface area contributed by atoms with Crippen molar-refractivity contribution in [2.24, 2.45) is 0 Å². The molecule has 0 fully saturated rings. The number of nitrogens with zero attached hydrogens (tertiary/aromatic N) is 1. The summed E-state index contributed by atoms with van der Waals surface area (Å²) in [5, 5.41) is 10.8. The summed E-state index contributed by atoms with van der Waals surface area (Å²) in [6, 6.07) is 0. The summed E-state index contributed by atoms with van der Waals surface area (Å²) in [5.41, 5.74) is 0. The van der Waals surface area contributed by atoms with Crippen LogP contribution in [0.3, 0.4) is 0 Å². The Morgan fingerprint density at radius 2 is 1.09 bits per heavy atom. The molecule has 0 rings (SSSR count). The smallest absolute Gasteiger partial charge is 0.549 e. The standard InChI is InChI=1S/C18H37NO2.K/c1-3-5-7-9-11-13-15-19(17-18(20)21)16-14-12-10-8-6-4-2;/h3-17H2,1-2H3,(H,20,21);/q;+1/p-1. The molecule has 126 valence electrons. The number of carbonyl (C=O) groups excluding carboxylic acids is 1. The Morgan fingerprint density at radius 1 is 0.727 bits per heavy atom. The molecule has 0 aromatic carbocycles. The van der Waals surface area contributed by atoms with Gasteiger partial charge in [0.05, 0.1) is 5.97 Å². The second-order valence-electron chi connectivity index (χ2n) is 6.18. The number of rotatable bonds is 16. The Bertz CT molecular complexity index is 221. The van der Waals surface area contributed by atoms with Gasteiger partial charge < -0.3 is 9.90 Å². The third kappa shape index (κ3) is 19.1. The molecule has 0 aromatic rings. The van der Waals surface area contributed by atoms with Crippen LogP contribution >= 0.6 is 0 Å². The predicted molar refractivity (Wildman–Crippen MR) is 88.2 cm³/mol. The van der Waals surface area contributed by atoms with Gasteiger partial charge in [0.2, 0.25) is 0 Å². The normalized spacial score (nSPS) is 10.7. The summed E-state index contributed by atoms with van der Waals surface area (Å²) in [7, 11) is 0. The van der Waals surface area contributed by atoms with E-state index in [1.165, 1.54) is 64.2 Å². The zero-order valence-electron chi connectivity index (χ0n) is 15.4. The quantitative estimate of drug-likeness (QED) is 0.309. The maximum absolute atomic E-state index is 10.8. The van der Waals surface area contributed by atoms with Crippen LogP contribution in [0.5, 0.6) is 0 Å². The van der Waals surface area contributed by atoms with E-state index in [0.29, 0.717) is 0 Å². The maximum atomic E-state index is 10.8. The molecule has 0 aromatic heterocycles. The number of aliphatic carboxylic acids is 1. The summed E-state index contributed by atoms with van der Waals surface area (Å²) >= 11 is 0. The van der Waals surface area contributed by atoms with Crippen molar-refractivity contribution in [3.63, 3.8) is 0 Å². The first-order valence-corrected chi connectivity index (χ1v) is 9.12. The van der Waals surface area contributed by atoms with Crippen LogP contribution in [0.15, 0.2) is 0 Å². The predicted octanol–water partition coefficient (Wildman–Crippen LogP) is 0.763. The summed E-state index contributed by atoms with van der Waals surface area (Å²) in [6.07, 6.45) is 15.1. The van der Waals surface area contributed by atoms with Crippen LogP contribution in [0, 0.1) is 0 Å². The van der Waals surface area contributed by atoms with Crippen LogP contribution in [0.4, 0.5) is 0 Å². The number of unbranched alkanes of at least 4 members (excludes halogenated alkanes) is 10. The van der Waals surface area contributed by atoms with E-state index in [0.717, 1.165) is 25.9 Å². The number of carbonyl (C=O) groups is 1. The molecule has 22 heavy (non-hydrogen) atoms. The molecular formula is C18H36KNO2. The van der Waals surface area contributed by atoms with Gasteiger partial charge >= 0.3 is 51.4 Å². The fraction of sp³-hybridized carbons (Fsp3) is 0.944. The van der Waals surface area contributed by atoms with Crippen molar-refractivity contribution in [3.8, 4) is 0 Å². The Morgan fingerprint density at radius 3 is 1.45 bits per heavy atom. The van der Waals surface area contributed by atoms with Gasteiger partial charge in [0.25, 0.3) is 0 Å². The van der Waals surface area contributed by atoms with Crippen LogP contribution in [-0.4, -0.2) is 30.5 Å². The molecule has 0 saturated carbocycles. The van der Waals surface area contributed by atoms with E-state index in [2.05, 4.69) is 18.7 Å². The van der Waals surface area contributed by atoms with Crippen LogP contribution < -0.4 is 56.5 Å². The van der Waals surface area contributed by atoms with E-state index in [1.807, 2.05) is 0 Å². The minimum atomic E-state index is -0.938. The van der Waals surface area contributed by atoms with Gasteiger partial charge in [-0.15, -0.1) is 0 Å². The first kappa shape index (κ1) is 25.3. The van der Waals surface area contributed by atoms with Crippen molar-refractivity contribution < 1.29 is 61.3 Å². The second kappa shape index (κ2) is 20.1. The van der Waals surface area contributed by atoms with Gasteiger partial charge in [-0.2, -0.15) is 0 Å². The monoisotopic (exact) mass is 337 g/mol. The number of carboxylic acids is 1. The van der Waals surface area contributed by atoms with Gasteiger partial charge in [-0.05, 0) is 25.9 Å². The van der Waals surface area contributed by atoms with Crippen molar-refractivity contribution in [1.82, 2.24) is 4.90 Å². The first-order valence-electron chi connectivity index (χ1n) is 9.12. The zero-order chi connectivity index (χ0) is 15.8. The van der Waals surface area contributed by atoms with E-state index < -0.39 is 5.97 Å². The third-order valence-corrected chi connectivity index (χ3v) is 4.01. The van der Waals surface area contributed by atoms with Gasteiger partial charge in [-0.1, -0.05) is 78.1 Å².